The van der Waals surface area contributed by atoms with Crippen LogP contribution < -0.4 is 0 Å². The van der Waals surface area contributed by atoms with Gasteiger partial charge in [-0.05, 0) is 37.3 Å². The molecule has 0 aromatic carbocycles. The molecule has 1 aliphatic rings. The lowest BCUT2D eigenvalue weighted by Gasteiger charge is -1.88. The minimum atomic E-state index is 1.29. The van der Waals surface area contributed by atoms with Crippen molar-refractivity contribution in [3.05, 3.63) is 23.0 Å². The van der Waals surface area contributed by atoms with Gasteiger partial charge in [0.25, 0.3) is 0 Å². The molecule has 1 N–H and O–H groups in total. The Balaban J connectivity index is 0.000000281. The van der Waals surface area contributed by atoms with Gasteiger partial charge in [-0.2, -0.15) is 0 Å². The summed E-state index contributed by atoms with van der Waals surface area (Å²) < 4.78 is 0. The lowest BCUT2D eigenvalue weighted by molar-refractivity contribution is 0.895. The highest BCUT2D eigenvalue weighted by atomic mass is 14.7. The van der Waals surface area contributed by atoms with Crippen LogP contribution in [0.3, 0.4) is 0 Å². The van der Waals surface area contributed by atoms with Gasteiger partial charge < -0.3 is 4.98 Å². The molecule has 1 aliphatic carbocycles. The Hall–Kier alpha value is -0.720. The molecular weight excluding hydrogens is 134 g/mol. The van der Waals surface area contributed by atoms with Crippen molar-refractivity contribution in [3.63, 3.8) is 0 Å². The van der Waals surface area contributed by atoms with E-state index in [9.17, 15) is 0 Å². The topological polar surface area (TPSA) is 15.8 Å². The number of rotatable bonds is 0. The van der Waals surface area contributed by atoms with Crippen LogP contribution in [0.25, 0.3) is 0 Å². The highest BCUT2D eigenvalue weighted by Gasteiger charge is 2.12. The summed E-state index contributed by atoms with van der Waals surface area (Å²) in [5.74, 6) is 0. The van der Waals surface area contributed by atoms with E-state index in [0.717, 1.165) is 0 Å². The lowest BCUT2D eigenvalue weighted by Crippen LogP contribution is -1.78. The SMILES string of the molecule is CC.Cc1[nH]cc2c1CCC2. The van der Waals surface area contributed by atoms with Crippen LogP contribution >= 0.6 is 0 Å². The maximum atomic E-state index is 3.24. The van der Waals surface area contributed by atoms with E-state index in [0.29, 0.717) is 0 Å². The second-order valence-electron chi connectivity index (χ2n) is 2.77. The molecule has 1 heteroatoms. The summed E-state index contributed by atoms with van der Waals surface area (Å²) in [5, 5.41) is 0. The number of nitrogens with one attached hydrogen (secondary N) is 1. The first-order chi connectivity index (χ1) is 5.38. The molecule has 1 aromatic rings. The molecule has 0 amide bonds. The maximum Gasteiger partial charge on any atom is 0.0150 e. The zero-order valence-electron chi connectivity index (χ0n) is 7.70. The third-order valence-corrected chi connectivity index (χ3v) is 2.18. The van der Waals surface area contributed by atoms with E-state index in [1.54, 1.807) is 11.1 Å². The number of hydrogen-bond acceptors (Lipinski definition) is 0. The summed E-state index contributed by atoms with van der Waals surface area (Å²) in [6.07, 6.45) is 6.10. The van der Waals surface area contributed by atoms with Gasteiger partial charge in [0.2, 0.25) is 0 Å². The Kier molecular flexibility index (Phi) is 2.75. The molecule has 0 atom stereocenters. The molecule has 62 valence electrons. The van der Waals surface area contributed by atoms with Crippen molar-refractivity contribution in [1.82, 2.24) is 4.98 Å². The van der Waals surface area contributed by atoms with E-state index in [-0.39, 0.29) is 0 Å². The van der Waals surface area contributed by atoms with Gasteiger partial charge in [0.1, 0.15) is 0 Å². The van der Waals surface area contributed by atoms with E-state index in [1.807, 2.05) is 13.8 Å². The monoisotopic (exact) mass is 151 g/mol. The van der Waals surface area contributed by atoms with Crippen LogP contribution in [0.2, 0.25) is 0 Å². The van der Waals surface area contributed by atoms with Crippen LogP contribution in [0.4, 0.5) is 0 Å². The number of hydrogen-bond donors (Lipinski definition) is 1. The highest BCUT2D eigenvalue weighted by Crippen LogP contribution is 2.23. The van der Waals surface area contributed by atoms with Gasteiger partial charge in [-0.1, -0.05) is 13.8 Å². The molecule has 1 nitrogen and oxygen atoms in total. The summed E-state index contributed by atoms with van der Waals surface area (Å²) >= 11 is 0. The van der Waals surface area contributed by atoms with Crippen molar-refractivity contribution < 1.29 is 0 Å². The van der Waals surface area contributed by atoms with Crippen LogP contribution in [0, 0.1) is 6.92 Å². The molecule has 2 rings (SSSR count). The van der Waals surface area contributed by atoms with Gasteiger partial charge >= 0.3 is 0 Å². The van der Waals surface area contributed by atoms with Crippen LogP contribution in [-0.4, -0.2) is 4.98 Å². The minimum Gasteiger partial charge on any atom is -0.365 e. The standard InChI is InChI=1S/C8H11N.C2H6/c1-6-8-4-2-3-7(8)5-9-6;1-2/h5,9H,2-4H2,1H3;1-2H3. The molecule has 0 spiro atoms. The fourth-order valence-corrected chi connectivity index (χ4v) is 1.64. The average molecular weight is 151 g/mol. The van der Waals surface area contributed by atoms with Crippen LogP contribution in [0.15, 0.2) is 6.20 Å². The molecule has 0 unspecified atom stereocenters. The highest BCUT2D eigenvalue weighted by molar-refractivity contribution is 5.33. The van der Waals surface area contributed by atoms with E-state index in [4.69, 9.17) is 0 Å². The fourth-order valence-electron chi connectivity index (χ4n) is 1.64. The van der Waals surface area contributed by atoms with Crippen molar-refractivity contribution in [2.24, 2.45) is 0 Å². The summed E-state index contributed by atoms with van der Waals surface area (Å²) in [4.78, 5) is 3.24. The number of aromatic nitrogens is 1. The first-order valence-corrected chi connectivity index (χ1v) is 4.53. The summed E-state index contributed by atoms with van der Waals surface area (Å²) in [5.41, 5.74) is 4.50. The fraction of sp³-hybridized carbons (Fsp3) is 0.600. The Morgan fingerprint density at radius 3 is 2.64 bits per heavy atom. The molecule has 0 bridgehead atoms. The van der Waals surface area contributed by atoms with E-state index in [2.05, 4.69) is 18.1 Å². The second kappa shape index (κ2) is 3.61. The van der Waals surface area contributed by atoms with Crippen molar-refractivity contribution in [1.29, 1.82) is 0 Å². The molecule has 0 saturated heterocycles. The number of fused-ring (bicyclic) bond motifs is 1. The number of aryl methyl sites for hydroxylation is 2. The normalized spacial score (nSPS) is 13.7. The predicted octanol–water partition coefficient (Wildman–Crippen LogP) is 2.84. The van der Waals surface area contributed by atoms with E-state index in [1.165, 1.54) is 25.0 Å². The maximum absolute atomic E-state index is 3.24. The van der Waals surface area contributed by atoms with Gasteiger partial charge in [0, 0.05) is 11.9 Å². The molecule has 0 fully saturated rings. The average Bonchev–Trinajstić information content (AvgIpc) is 2.60. The molecule has 1 heterocycles. The van der Waals surface area contributed by atoms with Crippen molar-refractivity contribution >= 4 is 0 Å². The quantitative estimate of drug-likeness (QED) is 0.587. The molecule has 11 heavy (non-hydrogen) atoms. The zero-order chi connectivity index (χ0) is 8.27. The first-order valence-electron chi connectivity index (χ1n) is 4.53. The summed E-state index contributed by atoms with van der Waals surface area (Å²) in [6.45, 7) is 6.16. The Labute approximate surface area is 68.8 Å². The minimum absolute atomic E-state index is 1.29. The number of aromatic amines is 1. The van der Waals surface area contributed by atoms with E-state index >= 15 is 0 Å². The van der Waals surface area contributed by atoms with Crippen molar-refractivity contribution in [2.45, 2.75) is 40.0 Å². The summed E-state index contributed by atoms with van der Waals surface area (Å²) in [6, 6.07) is 0. The second-order valence-corrected chi connectivity index (χ2v) is 2.77. The van der Waals surface area contributed by atoms with Crippen LogP contribution in [0.1, 0.15) is 37.1 Å². The van der Waals surface area contributed by atoms with Crippen molar-refractivity contribution in [3.8, 4) is 0 Å². The molecular formula is C10H17N. The molecule has 0 aliphatic heterocycles. The largest absolute Gasteiger partial charge is 0.365 e. The van der Waals surface area contributed by atoms with Gasteiger partial charge in [-0.3, -0.25) is 0 Å². The first kappa shape index (κ1) is 8.38. The molecule has 1 aromatic heterocycles. The van der Waals surface area contributed by atoms with Crippen LogP contribution in [0.5, 0.6) is 0 Å². The van der Waals surface area contributed by atoms with Crippen LogP contribution in [-0.2, 0) is 12.8 Å². The van der Waals surface area contributed by atoms with Gasteiger partial charge in [-0.25, -0.2) is 0 Å². The number of H-pyrrole nitrogens is 1. The van der Waals surface area contributed by atoms with Gasteiger partial charge in [-0.15, -0.1) is 0 Å². The molecule has 0 radical (unpaired) electrons. The third-order valence-electron chi connectivity index (χ3n) is 2.18. The predicted molar refractivity (Wildman–Crippen MR) is 48.9 cm³/mol. The van der Waals surface area contributed by atoms with E-state index < -0.39 is 0 Å². The molecule has 0 saturated carbocycles. The third kappa shape index (κ3) is 1.47. The lowest BCUT2D eigenvalue weighted by atomic mass is 10.2. The smallest absolute Gasteiger partial charge is 0.0150 e. The van der Waals surface area contributed by atoms with Gasteiger partial charge in [0.05, 0.1) is 0 Å². The summed E-state index contributed by atoms with van der Waals surface area (Å²) in [7, 11) is 0. The zero-order valence-corrected chi connectivity index (χ0v) is 7.70. The Morgan fingerprint density at radius 2 is 2.00 bits per heavy atom. The van der Waals surface area contributed by atoms with Gasteiger partial charge in [0.15, 0.2) is 0 Å². The van der Waals surface area contributed by atoms with Crippen molar-refractivity contribution in [2.75, 3.05) is 0 Å². The Bertz CT molecular complexity index is 223. The Morgan fingerprint density at radius 1 is 1.27 bits per heavy atom.